The molecule has 0 unspecified atom stereocenters. The summed E-state index contributed by atoms with van der Waals surface area (Å²) in [7, 11) is 0. The first kappa shape index (κ1) is 15.1. The summed E-state index contributed by atoms with van der Waals surface area (Å²) in [6, 6.07) is 8.71. The molecule has 6 heteroatoms. The van der Waals surface area contributed by atoms with Gasteiger partial charge in [-0.15, -0.1) is 0 Å². The van der Waals surface area contributed by atoms with Crippen LogP contribution in [-0.2, 0) is 6.42 Å². The topological polar surface area (TPSA) is 84.0 Å². The molecule has 0 bridgehead atoms. The molecule has 1 aromatic heterocycles. The van der Waals surface area contributed by atoms with E-state index < -0.39 is 6.03 Å². The molecule has 0 saturated heterocycles. The third-order valence-electron chi connectivity index (χ3n) is 3.78. The fourth-order valence-corrected chi connectivity index (χ4v) is 2.80. The first-order chi connectivity index (χ1) is 11.0. The number of nitrogens with one attached hydrogen (secondary N) is 2. The third kappa shape index (κ3) is 3.36. The highest BCUT2D eigenvalue weighted by Gasteiger charge is 2.26. The fourth-order valence-electron chi connectivity index (χ4n) is 2.80. The molecule has 0 fully saturated rings. The number of ketones is 1. The molecule has 1 aliphatic carbocycles. The zero-order chi connectivity index (χ0) is 16.4. The van der Waals surface area contributed by atoms with Gasteiger partial charge < -0.3 is 5.32 Å². The van der Waals surface area contributed by atoms with E-state index in [9.17, 15) is 9.59 Å². The van der Waals surface area contributed by atoms with Crippen LogP contribution >= 0.6 is 0 Å². The summed E-state index contributed by atoms with van der Waals surface area (Å²) >= 11 is 0. The number of aryl methyl sites for hydroxylation is 1. The number of Topliss-reactive ketones (excluding diaryl/α,β-unsaturated/α-hetero) is 1. The van der Waals surface area contributed by atoms with Gasteiger partial charge >= 0.3 is 6.03 Å². The smallest absolute Gasteiger partial charge is 0.308 e. The van der Waals surface area contributed by atoms with Gasteiger partial charge in [-0.25, -0.2) is 14.8 Å². The largest absolute Gasteiger partial charge is 0.326 e. The van der Waals surface area contributed by atoms with Gasteiger partial charge in [0, 0.05) is 12.1 Å². The number of fused-ring (bicyclic) bond motifs is 1. The number of urea groups is 1. The lowest BCUT2D eigenvalue weighted by molar-refractivity contribution is 0.0951. The van der Waals surface area contributed by atoms with E-state index in [0.717, 1.165) is 12.1 Å². The van der Waals surface area contributed by atoms with Crippen molar-refractivity contribution in [2.75, 3.05) is 10.6 Å². The number of hydrogen-bond acceptors (Lipinski definition) is 4. The number of carbonyl (C=O) groups excluding carboxylic acids is 2. The number of nitrogens with zero attached hydrogens (tertiary/aromatic N) is 2. The Morgan fingerprint density at radius 2 is 1.87 bits per heavy atom. The lowest BCUT2D eigenvalue weighted by Gasteiger charge is -2.21. The Kier molecular flexibility index (Phi) is 4.06. The average Bonchev–Trinajstić information content (AvgIpc) is 2.46. The molecule has 1 heterocycles. The summed E-state index contributed by atoms with van der Waals surface area (Å²) in [6.45, 7) is 3.79. The number of aromatic nitrogens is 2. The Labute approximate surface area is 134 Å². The van der Waals surface area contributed by atoms with Gasteiger partial charge in [-0.1, -0.05) is 25.1 Å². The van der Waals surface area contributed by atoms with Crippen LogP contribution in [0.4, 0.5) is 16.4 Å². The summed E-state index contributed by atoms with van der Waals surface area (Å²) in [5, 5.41) is 5.34. The van der Waals surface area contributed by atoms with Gasteiger partial charge in [-0.3, -0.25) is 10.1 Å². The highest BCUT2D eigenvalue weighted by atomic mass is 16.2. The summed E-state index contributed by atoms with van der Waals surface area (Å²) < 4.78 is 0. The van der Waals surface area contributed by atoms with Crippen LogP contribution in [0, 0.1) is 12.8 Å². The maximum atomic E-state index is 12.1. The maximum absolute atomic E-state index is 12.1. The van der Waals surface area contributed by atoms with E-state index in [2.05, 4.69) is 20.6 Å². The Balaban J connectivity index is 1.79. The molecule has 23 heavy (non-hydrogen) atoms. The van der Waals surface area contributed by atoms with Crippen LogP contribution in [0.25, 0.3) is 0 Å². The second kappa shape index (κ2) is 6.16. The number of rotatable bonds is 2. The summed E-state index contributed by atoms with van der Waals surface area (Å²) in [5.41, 5.74) is 2.62. The van der Waals surface area contributed by atoms with Gasteiger partial charge in [-0.2, -0.15) is 0 Å². The van der Waals surface area contributed by atoms with Crippen molar-refractivity contribution in [3.63, 3.8) is 0 Å². The second-order valence-corrected chi connectivity index (χ2v) is 5.84. The number of benzene rings is 1. The molecule has 1 aromatic carbocycles. The predicted octanol–water partition coefficient (Wildman–Crippen LogP) is 3.19. The molecule has 0 saturated carbocycles. The van der Waals surface area contributed by atoms with Crippen LogP contribution in [0.1, 0.15) is 35.1 Å². The van der Waals surface area contributed by atoms with Crippen LogP contribution in [0.2, 0.25) is 0 Å². The Morgan fingerprint density at radius 3 is 2.61 bits per heavy atom. The van der Waals surface area contributed by atoms with E-state index in [1.807, 2.05) is 25.1 Å². The van der Waals surface area contributed by atoms with Crippen LogP contribution in [0.15, 0.2) is 30.3 Å². The fraction of sp³-hybridized carbons (Fsp3) is 0.294. The SMILES string of the molecule is Cc1nc(NC(=O)Nc2ccccc2)nc2c1C(=O)C[C@@H](C)C2. The molecule has 0 aliphatic heterocycles. The summed E-state index contributed by atoms with van der Waals surface area (Å²) in [6.07, 6.45) is 1.25. The van der Waals surface area contributed by atoms with Gasteiger partial charge in [0.25, 0.3) is 0 Å². The van der Waals surface area contributed by atoms with Crippen molar-refractivity contribution in [3.05, 3.63) is 47.3 Å². The Bertz CT molecular complexity index is 759. The van der Waals surface area contributed by atoms with Crippen molar-refractivity contribution >= 4 is 23.5 Å². The van der Waals surface area contributed by atoms with Crippen molar-refractivity contribution in [2.24, 2.45) is 5.92 Å². The molecule has 0 spiro atoms. The quantitative estimate of drug-likeness (QED) is 0.892. The molecule has 1 atom stereocenters. The van der Waals surface area contributed by atoms with Crippen LogP contribution < -0.4 is 10.6 Å². The molecular formula is C17H18N4O2. The van der Waals surface area contributed by atoms with Crippen molar-refractivity contribution in [1.29, 1.82) is 0 Å². The molecule has 6 nitrogen and oxygen atoms in total. The van der Waals surface area contributed by atoms with Crippen LogP contribution in [-0.4, -0.2) is 21.8 Å². The lowest BCUT2D eigenvalue weighted by Crippen LogP contribution is -2.25. The zero-order valence-corrected chi connectivity index (χ0v) is 13.1. The lowest BCUT2D eigenvalue weighted by atomic mass is 9.86. The van der Waals surface area contributed by atoms with Gasteiger partial charge in [0.2, 0.25) is 5.95 Å². The summed E-state index contributed by atoms with van der Waals surface area (Å²) in [5.74, 6) is 0.559. The molecule has 2 N–H and O–H groups in total. The van der Waals surface area contributed by atoms with Gasteiger partial charge in [-0.05, 0) is 31.4 Å². The maximum Gasteiger partial charge on any atom is 0.326 e. The normalized spacial score (nSPS) is 16.6. The van der Waals surface area contributed by atoms with Crippen LogP contribution in [0.3, 0.4) is 0 Å². The minimum absolute atomic E-state index is 0.0801. The zero-order valence-electron chi connectivity index (χ0n) is 13.1. The number of hydrogen-bond donors (Lipinski definition) is 2. The number of para-hydroxylation sites is 1. The average molecular weight is 310 g/mol. The number of anilines is 2. The van der Waals surface area contributed by atoms with E-state index >= 15 is 0 Å². The Hall–Kier alpha value is -2.76. The van der Waals surface area contributed by atoms with E-state index in [-0.39, 0.29) is 17.6 Å². The molecular weight excluding hydrogens is 292 g/mol. The van der Waals surface area contributed by atoms with Gasteiger partial charge in [0.1, 0.15) is 0 Å². The molecule has 2 amide bonds. The van der Waals surface area contributed by atoms with Gasteiger partial charge in [0.05, 0.1) is 17.0 Å². The summed E-state index contributed by atoms with van der Waals surface area (Å²) in [4.78, 5) is 32.7. The van der Waals surface area contributed by atoms with Gasteiger partial charge in [0.15, 0.2) is 5.78 Å². The van der Waals surface area contributed by atoms with Crippen molar-refractivity contribution in [2.45, 2.75) is 26.7 Å². The van der Waals surface area contributed by atoms with E-state index in [1.165, 1.54) is 0 Å². The van der Waals surface area contributed by atoms with E-state index in [1.54, 1.807) is 19.1 Å². The minimum Gasteiger partial charge on any atom is -0.308 e. The van der Waals surface area contributed by atoms with Crippen LogP contribution in [0.5, 0.6) is 0 Å². The Morgan fingerprint density at radius 1 is 1.13 bits per heavy atom. The second-order valence-electron chi connectivity index (χ2n) is 5.84. The highest BCUT2D eigenvalue weighted by molar-refractivity contribution is 6.00. The van der Waals surface area contributed by atoms with Crippen molar-refractivity contribution in [1.82, 2.24) is 9.97 Å². The monoisotopic (exact) mass is 310 g/mol. The molecule has 118 valence electrons. The first-order valence-corrected chi connectivity index (χ1v) is 7.56. The van der Waals surface area contributed by atoms with E-state index in [0.29, 0.717) is 23.4 Å². The first-order valence-electron chi connectivity index (χ1n) is 7.56. The van der Waals surface area contributed by atoms with Crippen molar-refractivity contribution < 1.29 is 9.59 Å². The molecule has 1 aliphatic rings. The standard InChI is InChI=1S/C17H18N4O2/c1-10-8-13-15(14(22)9-10)11(2)18-16(20-13)21-17(23)19-12-6-4-3-5-7-12/h3-7,10H,8-9H2,1-2H3,(H2,18,19,20,21,23)/t10-/m0/s1. The highest BCUT2D eigenvalue weighted by Crippen LogP contribution is 2.26. The molecule has 0 radical (unpaired) electrons. The molecule has 2 aromatic rings. The third-order valence-corrected chi connectivity index (χ3v) is 3.78. The molecule has 3 rings (SSSR count). The van der Waals surface area contributed by atoms with E-state index in [4.69, 9.17) is 0 Å². The number of amides is 2. The number of carbonyl (C=O) groups is 2. The minimum atomic E-state index is -0.411. The van der Waals surface area contributed by atoms with Crippen molar-refractivity contribution in [3.8, 4) is 0 Å². The predicted molar refractivity (Wildman–Crippen MR) is 87.7 cm³/mol.